The lowest BCUT2D eigenvalue weighted by Gasteiger charge is -2.15. The van der Waals surface area contributed by atoms with E-state index >= 15 is 0 Å². The molecule has 0 radical (unpaired) electrons. The van der Waals surface area contributed by atoms with Crippen molar-refractivity contribution in [1.29, 1.82) is 0 Å². The van der Waals surface area contributed by atoms with Crippen molar-refractivity contribution in [3.8, 4) is 22.4 Å². The van der Waals surface area contributed by atoms with E-state index in [9.17, 15) is 0 Å². The van der Waals surface area contributed by atoms with Crippen LogP contribution in [0.4, 0.5) is 0 Å². The van der Waals surface area contributed by atoms with Crippen molar-refractivity contribution in [3.63, 3.8) is 0 Å². The smallest absolute Gasteiger partial charge is 0.0789 e. The van der Waals surface area contributed by atoms with Crippen molar-refractivity contribution in [1.82, 2.24) is 4.98 Å². The maximum atomic E-state index is 4.99. The van der Waals surface area contributed by atoms with Crippen LogP contribution in [0.15, 0.2) is 78.9 Å². The highest BCUT2D eigenvalue weighted by atomic mass is 14.7. The Kier molecular flexibility index (Phi) is 3.62. The van der Waals surface area contributed by atoms with Gasteiger partial charge in [-0.05, 0) is 30.9 Å². The third kappa shape index (κ3) is 2.48. The summed E-state index contributed by atoms with van der Waals surface area (Å²) in [6, 6.07) is 27.7. The highest BCUT2D eigenvalue weighted by Gasteiger charge is 2.15. The number of aromatic nitrogens is 1. The van der Waals surface area contributed by atoms with Crippen LogP contribution in [-0.2, 0) is 0 Å². The summed E-state index contributed by atoms with van der Waals surface area (Å²) in [4.78, 5) is 4.99. The topological polar surface area (TPSA) is 12.9 Å². The Hall–Kier alpha value is -2.93. The summed E-state index contributed by atoms with van der Waals surface area (Å²) < 4.78 is 0. The Morgan fingerprint density at radius 3 is 1.92 bits per heavy atom. The molecule has 0 fully saturated rings. The fourth-order valence-electron chi connectivity index (χ4n) is 3.29. The van der Waals surface area contributed by atoms with E-state index in [2.05, 4.69) is 86.6 Å². The highest BCUT2D eigenvalue weighted by Crippen LogP contribution is 2.37. The van der Waals surface area contributed by atoms with Crippen molar-refractivity contribution >= 4 is 10.8 Å². The molecule has 0 bridgehead atoms. The summed E-state index contributed by atoms with van der Waals surface area (Å²) in [5, 5.41) is 2.49. The lowest BCUT2D eigenvalue weighted by Crippen LogP contribution is -1.95. The Labute approximate surface area is 142 Å². The van der Waals surface area contributed by atoms with E-state index in [0.29, 0.717) is 0 Å². The molecular weight excluding hydrogens is 290 g/mol. The van der Waals surface area contributed by atoms with Gasteiger partial charge in [0.2, 0.25) is 0 Å². The van der Waals surface area contributed by atoms with E-state index in [-0.39, 0.29) is 0 Å². The van der Waals surface area contributed by atoms with Gasteiger partial charge in [0.25, 0.3) is 0 Å². The average molecular weight is 309 g/mol. The van der Waals surface area contributed by atoms with Gasteiger partial charge in [-0.1, -0.05) is 78.4 Å². The van der Waals surface area contributed by atoms with Crippen LogP contribution < -0.4 is 0 Å². The third-order valence-electron chi connectivity index (χ3n) is 4.46. The molecule has 0 saturated heterocycles. The van der Waals surface area contributed by atoms with Gasteiger partial charge in [0.05, 0.1) is 5.69 Å². The Morgan fingerprint density at radius 1 is 0.625 bits per heavy atom. The number of fused-ring (bicyclic) bond motifs is 1. The number of hydrogen-bond donors (Lipinski definition) is 0. The van der Waals surface area contributed by atoms with Crippen LogP contribution in [-0.4, -0.2) is 4.98 Å². The number of rotatable bonds is 2. The van der Waals surface area contributed by atoms with Crippen LogP contribution in [0, 0.1) is 13.8 Å². The number of hydrogen-bond acceptors (Lipinski definition) is 1. The van der Waals surface area contributed by atoms with Gasteiger partial charge >= 0.3 is 0 Å². The van der Waals surface area contributed by atoms with Crippen LogP contribution in [0.1, 0.15) is 11.3 Å². The third-order valence-corrected chi connectivity index (χ3v) is 4.46. The summed E-state index contributed by atoms with van der Waals surface area (Å²) in [5.41, 5.74) is 6.96. The molecule has 0 aliphatic heterocycles. The van der Waals surface area contributed by atoms with E-state index in [1.54, 1.807) is 0 Å². The predicted molar refractivity (Wildman–Crippen MR) is 102 cm³/mol. The molecule has 0 amide bonds. The van der Waals surface area contributed by atoms with Gasteiger partial charge in [-0.2, -0.15) is 0 Å². The Balaban J connectivity index is 2.14. The second kappa shape index (κ2) is 5.93. The zero-order valence-corrected chi connectivity index (χ0v) is 14.0. The molecule has 1 nitrogen and oxygen atoms in total. The lowest BCUT2D eigenvalue weighted by atomic mass is 9.92. The van der Waals surface area contributed by atoms with E-state index in [1.165, 1.54) is 27.5 Å². The van der Waals surface area contributed by atoms with Crippen molar-refractivity contribution in [3.05, 3.63) is 90.1 Å². The second-order valence-electron chi connectivity index (χ2n) is 6.20. The molecular formula is C23H19N. The fraction of sp³-hybridized carbons (Fsp3) is 0.0870. The predicted octanol–water partition coefficient (Wildman–Crippen LogP) is 6.19. The maximum Gasteiger partial charge on any atom is 0.0789 e. The van der Waals surface area contributed by atoms with Gasteiger partial charge in [0.15, 0.2) is 0 Å². The SMILES string of the molecule is Cc1ccc2c(-c3ccccc3)c(-c3ccccc3)nc(C)c2c1. The van der Waals surface area contributed by atoms with Crippen LogP contribution in [0.5, 0.6) is 0 Å². The lowest BCUT2D eigenvalue weighted by molar-refractivity contribution is 1.24. The van der Waals surface area contributed by atoms with Crippen LogP contribution in [0.25, 0.3) is 33.2 Å². The first kappa shape index (κ1) is 14.6. The molecule has 116 valence electrons. The minimum absolute atomic E-state index is 1.05. The first-order valence-electron chi connectivity index (χ1n) is 8.26. The second-order valence-corrected chi connectivity index (χ2v) is 6.20. The number of pyridine rings is 1. The molecule has 0 atom stereocenters. The van der Waals surface area contributed by atoms with E-state index in [1.807, 2.05) is 6.07 Å². The maximum absolute atomic E-state index is 4.99. The zero-order valence-electron chi connectivity index (χ0n) is 14.0. The summed E-state index contributed by atoms with van der Waals surface area (Å²) in [7, 11) is 0. The molecule has 4 rings (SSSR count). The van der Waals surface area contributed by atoms with Crippen molar-refractivity contribution in [2.24, 2.45) is 0 Å². The van der Waals surface area contributed by atoms with E-state index in [4.69, 9.17) is 4.98 Å². The molecule has 0 aliphatic rings. The van der Waals surface area contributed by atoms with Crippen LogP contribution >= 0.6 is 0 Å². The van der Waals surface area contributed by atoms with Gasteiger partial charge in [0.1, 0.15) is 0 Å². The Morgan fingerprint density at radius 2 is 1.25 bits per heavy atom. The van der Waals surface area contributed by atoms with E-state index < -0.39 is 0 Å². The molecule has 3 aromatic carbocycles. The number of nitrogens with zero attached hydrogens (tertiary/aromatic N) is 1. The van der Waals surface area contributed by atoms with Crippen LogP contribution in [0.3, 0.4) is 0 Å². The first-order chi connectivity index (χ1) is 11.7. The summed E-state index contributed by atoms with van der Waals surface area (Å²) in [6.45, 7) is 4.23. The largest absolute Gasteiger partial charge is 0.252 e. The first-order valence-corrected chi connectivity index (χ1v) is 8.26. The molecule has 1 aromatic heterocycles. The molecule has 0 saturated carbocycles. The molecule has 0 unspecified atom stereocenters. The minimum atomic E-state index is 1.05. The highest BCUT2D eigenvalue weighted by molar-refractivity contribution is 6.03. The molecule has 1 heterocycles. The van der Waals surface area contributed by atoms with Crippen molar-refractivity contribution in [2.75, 3.05) is 0 Å². The molecule has 24 heavy (non-hydrogen) atoms. The quantitative estimate of drug-likeness (QED) is 0.430. The fourth-order valence-corrected chi connectivity index (χ4v) is 3.29. The number of benzene rings is 3. The standard InChI is InChI=1S/C23H19N/c1-16-13-14-20-21(15-16)17(2)24-23(19-11-7-4-8-12-19)22(20)18-9-5-3-6-10-18/h3-15H,1-2H3. The summed E-state index contributed by atoms with van der Waals surface area (Å²) >= 11 is 0. The van der Waals surface area contributed by atoms with Crippen LogP contribution in [0.2, 0.25) is 0 Å². The van der Waals surface area contributed by atoms with Gasteiger partial charge in [-0.3, -0.25) is 4.98 Å². The molecule has 1 heteroatoms. The minimum Gasteiger partial charge on any atom is -0.252 e. The molecule has 0 spiro atoms. The van der Waals surface area contributed by atoms with Gasteiger partial charge in [0, 0.05) is 22.2 Å². The Bertz CT molecular complexity index is 1000. The monoisotopic (exact) mass is 309 g/mol. The van der Waals surface area contributed by atoms with Crippen molar-refractivity contribution < 1.29 is 0 Å². The van der Waals surface area contributed by atoms with E-state index in [0.717, 1.165) is 17.0 Å². The summed E-state index contributed by atoms with van der Waals surface area (Å²) in [6.07, 6.45) is 0. The molecule has 0 aliphatic carbocycles. The van der Waals surface area contributed by atoms with Gasteiger partial charge < -0.3 is 0 Å². The average Bonchev–Trinajstić information content (AvgIpc) is 2.63. The normalized spacial score (nSPS) is 10.9. The molecule has 0 N–H and O–H groups in total. The zero-order chi connectivity index (χ0) is 16.5. The van der Waals surface area contributed by atoms with Gasteiger partial charge in [-0.15, -0.1) is 0 Å². The van der Waals surface area contributed by atoms with Crippen molar-refractivity contribution in [2.45, 2.75) is 13.8 Å². The molecule has 4 aromatic rings. The summed E-state index contributed by atoms with van der Waals surface area (Å²) in [5.74, 6) is 0. The number of aryl methyl sites for hydroxylation is 2. The van der Waals surface area contributed by atoms with Gasteiger partial charge in [-0.25, -0.2) is 0 Å².